The summed E-state index contributed by atoms with van der Waals surface area (Å²) in [5, 5.41) is 0.849. The monoisotopic (exact) mass is 540 g/mol. The number of aryl methyl sites for hydroxylation is 2. The summed E-state index contributed by atoms with van der Waals surface area (Å²) < 4.78 is 47.4. The van der Waals surface area contributed by atoms with Gasteiger partial charge < -0.3 is 18.8 Å². The highest BCUT2D eigenvalue weighted by molar-refractivity contribution is 7.89. The van der Waals surface area contributed by atoms with Crippen LogP contribution in [-0.2, 0) is 36.1 Å². The Hall–Kier alpha value is -3.63. The van der Waals surface area contributed by atoms with Gasteiger partial charge in [-0.15, -0.1) is 0 Å². The van der Waals surface area contributed by atoms with Crippen LogP contribution in [0.2, 0.25) is 0 Å². The quantitative estimate of drug-likeness (QED) is 0.397. The Morgan fingerprint density at radius 2 is 1.68 bits per heavy atom. The summed E-state index contributed by atoms with van der Waals surface area (Å²) in [6, 6.07) is 11.5. The number of fused-ring (bicyclic) bond motifs is 1. The Kier molecular flexibility index (Phi) is 7.94. The number of benzene rings is 2. The summed E-state index contributed by atoms with van der Waals surface area (Å²) in [6.07, 6.45) is 1.74. The van der Waals surface area contributed by atoms with Gasteiger partial charge in [0, 0.05) is 23.6 Å². The summed E-state index contributed by atoms with van der Waals surface area (Å²) in [7, 11) is -0.876. The van der Waals surface area contributed by atoms with Crippen LogP contribution < -0.4 is 4.74 Å². The molecule has 0 N–H and O–H groups in total. The number of esters is 2. The van der Waals surface area contributed by atoms with E-state index in [-0.39, 0.29) is 30.1 Å². The van der Waals surface area contributed by atoms with Gasteiger partial charge >= 0.3 is 11.9 Å². The van der Waals surface area contributed by atoms with E-state index in [2.05, 4.69) is 0 Å². The fourth-order valence-corrected chi connectivity index (χ4v) is 6.55. The molecule has 3 aromatic rings. The third kappa shape index (κ3) is 4.93. The topological polar surface area (TPSA) is 104 Å². The van der Waals surface area contributed by atoms with Gasteiger partial charge in [-0.1, -0.05) is 23.8 Å². The molecule has 1 aromatic heterocycles. The van der Waals surface area contributed by atoms with Gasteiger partial charge in [-0.2, -0.15) is 4.31 Å². The molecule has 0 radical (unpaired) electrons. The first-order chi connectivity index (χ1) is 18.1. The normalized spacial score (nSPS) is 18.2. The first kappa shape index (κ1) is 27.4. The Balaban J connectivity index is 1.96. The van der Waals surface area contributed by atoms with Crippen molar-refractivity contribution in [3.8, 4) is 5.75 Å². The maximum atomic E-state index is 14.3. The summed E-state index contributed by atoms with van der Waals surface area (Å²) in [4.78, 5) is 26.3. The number of sulfonamides is 1. The third-order valence-corrected chi connectivity index (χ3v) is 8.55. The minimum absolute atomic E-state index is 0.00735. The molecule has 2 atom stereocenters. The highest BCUT2D eigenvalue weighted by atomic mass is 32.2. The van der Waals surface area contributed by atoms with Gasteiger partial charge in [-0.3, -0.25) is 0 Å². The minimum atomic E-state index is -4.29. The van der Waals surface area contributed by atoms with E-state index >= 15 is 0 Å². The van der Waals surface area contributed by atoms with Gasteiger partial charge in [0.15, 0.2) is 6.04 Å². The molecule has 0 saturated heterocycles. The maximum absolute atomic E-state index is 14.3. The molecule has 4 rings (SSSR count). The van der Waals surface area contributed by atoms with Crippen molar-refractivity contribution in [2.24, 2.45) is 7.05 Å². The van der Waals surface area contributed by atoms with E-state index in [1.165, 1.54) is 12.1 Å². The van der Waals surface area contributed by atoms with E-state index in [0.29, 0.717) is 11.4 Å². The number of carbonyl (C=O) groups excluding carboxylic acids is 2. The van der Waals surface area contributed by atoms with Crippen molar-refractivity contribution in [3.63, 3.8) is 0 Å². The van der Waals surface area contributed by atoms with Crippen LogP contribution in [0.5, 0.6) is 5.75 Å². The molecule has 38 heavy (non-hydrogen) atoms. The van der Waals surface area contributed by atoms with E-state index in [4.69, 9.17) is 14.2 Å². The van der Waals surface area contributed by atoms with Crippen molar-refractivity contribution in [2.75, 3.05) is 20.3 Å². The number of hydrogen-bond acceptors (Lipinski definition) is 7. The minimum Gasteiger partial charge on any atom is -0.497 e. The molecule has 0 saturated carbocycles. The number of carbonyl (C=O) groups is 2. The lowest BCUT2D eigenvalue weighted by atomic mass is 9.95. The van der Waals surface area contributed by atoms with Crippen LogP contribution in [-0.4, -0.2) is 55.6 Å². The fraction of sp³-hybridized carbons (Fsp3) is 0.357. The second kappa shape index (κ2) is 11.0. The van der Waals surface area contributed by atoms with E-state index in [0.717, 1.165) is 20.8 Å². The van der Waals surface area contributed by atoms with E-state index in [1.807, 2.05) is 42.8 Å². The molecule has 2 aromatic carbocycles. The van der Waals surface area contributed by atoms with Gasteiger partial charge in [0.1, 0.15) is 5.75 Å². The summed E-state index contributed by atoms with van der Waals surface area (Å²) in [5.74, 6) is -0.932. The SMILES string of the molecule is CCOC(=O)C1=CCC(c2cc3cc(OC)ccc3n2C)N(S(=O)(=O)c2ccc(C)cc2)C1C(=O)OCC. The Labute approximate surface area is 222 Å². The highest BCUT2D eigenvalue weighted by Crippen LogP contribution is 2.41. The molecule has 2 heterocycles. The zero-order valence-corrected chi connectivity index (χ0v) is 22.9. The average molecular weight is 541 g/mol. The van der Waals surface area contributed by atoms with Crippen LogP contribution in [0.4, 0.5) is 0 Å². The summed E-state index contributed by atoms with van der Waals surface area (Å²) >= 11 is 0. The van der Waals surface area contributed by atoms with E-state index in [9.17, 15) is 18.0 Å². The second-order valence-electron chi connectivity index (χ2n) is 8.99. The zero-order chi connectivity index (χ0) is 27.6. The van der Waals surface area contributed by atoms with E-state index in [1.54, 1.807) is 39.2 Å². The fourth-order valence-electron chi connectivity index (χ4n) is 4.82. The molecule has 0 amide bonds. The van der Waals surface area contributed by atoms with E-state index < -0.39 is 34.0 Å². The molecule has 0 fully saturated rings. The van der Waals surface area contributed by atoms with Crippen molar-refractivity contribution in [1.29, 1.82) is 0 Å². The van der Waals surface area contributed by atoms with Crippen LogP contribution in [0.25, 0.3) is 10.9 Å². The lowest BCUT2D eigenvalue weighted by molar-refractivity contribution is -0.150. The molecule has 0 aliphatic carbocycles. The predicted molar refractivity (Wildman–Crippen MR) is 142 cm³/mol. The number of hydrogen-bond donors (Lipinski definition) is 0. The molecule has 9 nitrogen and oxygen atoms in total. The van der Waals surface area contributed by atoms with Gasteiger partial charge in [0.25, 0.3) is 0 Å². The Morgan fingerprint density at radius 1 is 1.00 bits per heavy atom. The maximum Gasteiger partial charge on any atom is 0.335 e. The summed E-state index contributed by atoms with van der Waals surface area (Å²) in [5.41, 5.74) is 2.34. The zero-order valence-electron chi connectivity index (χ0n) is 22.1. The van der Waals surface area contributed by atoms with Crippen molar-refractivity contribution in [1.82, 2.24) is 8.87 Å². The van der Waals surface area contributed by atoms with Gasteiger partial charge in [0.05, 0.1) is 36.8 Å². The molecular formula is C28H32N2O7S. The lowest BCUT2D eigenvalue weighted by Crippen LogP contribution is -2.52. The first-order valence-electron chi connectivity index (χ1n) is 12.4. The first-order valence-corrected chi connectivity index (χ1v) is 13.8. The Bertz CT molecular complexity index is 1490. The van der Waals surface area contributed by atoms with Crippen LogP contribution in [0.15, 0.2) is 65.1 Å². The van der Waals surface area contributed by atoms with Crippen molar-refractivity contribution in [2.45, 2.75) is 44.2 Å². The molecule has 0 spiro atoms. The molecule has 2 unspecified atom stereocenters. The number of nitrogens with zero attached hydrogens (tertiary/aromatic N) is 2. The molecule has 0 bridgehead atoms. The Morgan fingerprint density at radius 3 is 2.32 bits per heavy atom. The lowest BCUT2D eigenvalue weighted by Gasteiger charge is -2.39. The molecule has 10 heteroatoms. The number of ether oxygens (including phenoxy) is 3. The van der Waals surface area contributed by atoms with Gasteiger partial charge in [-0.25, -0.2) is 18.0 Å². The van der Waals surface area contributed by atoms with Gasteiger partial charge in [0.2, 0.25) is 10.0 Å². The highest BCUT2D eigenvalue weighted by Gasteiger charge is 2.49. The third-order valence-electron chi connectivity index (χ3n) is 6.66. The van der Waals surface area contributed by atoms with Crippen molar-refractivity contribution >= 4 is 32.9 Å². The number of methoxy groups -OCH3 is 1. The van der Waals surface area contributed by atoms with Crippen molar-refractivity contribution < 1.29 is 32.2 Å². The van der Waals surface area contributed by atoms with Crippen LogP contribution in [0, 0.1) is 6.92 Å². The predicted octanol–water partition coefficient (Wildman–Crippen LogP) is 4.05. The smallest absolute Gasteiger partial charge is 0.335 e. The largest absolute Gasteiger partial charge is 0.497 e. The number of rotatable bonds is 8. The molecular weight excluding hydrogens is 508 g/mol. The van der Waals surface area contributed by atoms with Crippen molar-refractivity contribution in [3.05, 3.63) is 71.4 Å². The van der Waals surface area contributed by atoms with Gasteiger partial charge in [-0.05, 0) is 63.6 Å². The standard InChI is InChI=1S/C28H32N2O7S/c1-6-36-27(31)22-13-15-24(25-17-19-16-20(35-5)10-14-23(19)29(25)4)30(26(22)28(32)37-7-2)38(33,34)21-11-8-18(3)9-12-21/h8-14,16-17,24,26H,6-7,15H2,1-5H3. The average Bonchev–Trinajstić information content (AvgIpc) is 3.23. The molecule has 1 aliphatic heterocycles. The molecule has 1 aliphatic rings. The summed E-state index contributed by atoms with van der Waals surface area (Å²) in [6.45, 7) is 5.22. The number of aromatic nitrogens is 1. The van der Waals surface area contributed by atoms with Crippen LogP contribution in [0.3, 0.4) is 0 Å². The molecule has 202 valence electrons. The van der Waals surface area contributed by atoms with Crippen LogP contribution >= 0.6 is 0 Å². The van der Waals surface area contributed by atoms with Crippen LogP contribution in [0.1, 0.15) is 37.6 Å². The second-order valence-corrected chi connectivity index (χ2v) is 10.8.